The topological polar surface area (TPSA) is 43.1 Å². The standard InChI is InChI=1S/C9H9Br2NO/c10-5-7(13)4-6-2-1-3-8(12)9(6)11/h1-3H,4-5,12H2. The fourth-order valence-electron chi connectivity index (χ4n) is 0.996. The first kappa shape index (κ1) is 10.7. The number of benzene rings is 1. The first-order chi connectivity index (χ1) is 6.15. The van der Waals surface area contributed by atoms with Crippen molar-refractivity contribution >= 4 is 43.3 Å². The van der Waals surface area contributed by atoms with Crippen LogP contribution in [0.25, 0.3) is 0 Å². The lowest BCUT2D eigenvalue weighted by Gasteiger charge is -2.04. The first-order valence-electron chi connectivity index (χ1n) is 3.75. The number of carbonyl (C=O) groups excluding carboxylic acids is 1. The van der Waals surface area contributed by atoms with Gasteiger partial charge in [-0.1, -0.05) is 28.1 Å². The number of hydrogen-bond acceptors (Lipinski definition) is 2. The highest BCUT2D eigenvalue weighted by Gasteiger charge is 2.06. The van der Waals surface area contributed by atoms with Crippen LogP contribution in [-0.2, 0) is 11.2 Å². The van der Waals surface area contributed by atoms with Crippen molar-refractivity contribution in [3.05, 3.63) is 28.2 Å². The fraction of sp³-hybridized carbons (Fsp3) is 0.222. The maximum absolute atomic E-state index is 11.1. The molecular formula is C9H9Br2NO. The predicted molar refractivity (Wildman–Crippen MR) is 61.1 cm³/mol. The average molecular weight is 307 g/mol. The summed E-state index contributed by atoms with van der Waals surface area (Å²) in [6.45, 7) is 0. The quantitative estimate of drug-likeness (QED) is 0.689. The summed E-state index contributed by atoms with van der Waals surface area (Å²) in [5.74, 6) is 0.145. The molecule has 0 aliphatic rings. The van der Waals surface area contributed by atoms with E-state index >= 15 is 0 Å². The van der Waals surface area contributed by atoms with Crippen molar-refractivity contribution in [3.63, 3.8) is 0 Å². The van der Waals surface area contributed by atoms with Crippen molar-refractivity contribution in [1.29, 1.82) is 0 Å². The molecule has 0 atom stereocenters. The van der Waals surface area contributed by atoms with E-state index in [9.17, 15) is 4.79 Å². The number of ketones is 1. The number of nitrogens with two attached hydrogens (primary N) is 1. The number of nitrogen functional groups attached to an aromatic ring is 1. The van der Waals surface area contributed by atoms with Crippen LogP contribution in [0.1, 0.15) is 5.56 Å². The van der Waals surface area contributed by atoms with Crippen LogP contribution in [0.5, 0.6) is 0 Å². The highest BCUT2D eigenvalue weighted by atomic mass is 79.9. The van der Waals surface area contributed by atoms with Gasteiger partial charge in [0.2, 0.25) is 0 Å². The highest BCUT2D eigenvalue weighted by Crippen LogP contribution is 2.24. The number of Topliss-reactive ketones (excluding diaryl/α,β-unsaturated/α-hetero) is 1. The molecule has 2 N–H and O–H groups in total. The number of anilines is 1. The van der Waals surface area contributed by atoms with Crippen LogP contribution in [-0.4, -0.2) is 11.1 Å². The van der Waals surface area contributed by atoms with Gasteiger partial charge >= 0.3 is 0 Å². The lowest BCUT2D eigenvalue weighted by molar-refractivity contribution is -0.115. The average Bonchev–Trinajstić information content (AvgIpc) is 2.13. The van der Waals surface area contributed by atoms with Gasteiger partial charge < -0.3 is 5.73 Å². The monoisotopic (exact) mass is 305 g/mol. The Morgan fingerprint density at radius 3 is 2.77 bits per heavy atom. The molecule has 0 aliphatic heterocycles. The van der Waals surface area contributed by atoms with Gasteiger partial charge in [-0.05, 0) is 27.6 Å². The summed E-state index contributed by atoms with van der Waals surface area (Å²) in [4.78, 5) is 11.1. The molecule has 1 aromatic rings. The third-order valence-electron chi connectivity index (χ3n) is 1.65. The van der Waals surface area contributed by atoms with E-state index in [-0.39, 0.29) is 5.78 Å². The Kier molecular flexibility index (Phi) is 3.93. The summed E-state index contributed by atoms with van der Waals surface area (Å²) < 4.78 is 0.823. The van der Waals surface area contributed by atoms with Crippen LogP contribution in [0, 0.1) is 0 Å². The number of hydrogen-bond donors (Lipinski definition) is 1. The summed E-state index contributed by atoms with van der Waals surface area (Å²) >= 11 is 6.46. The molecule has 0 amide bonds. The van der Waals surface area contributed by atoms with Gasteiger partial charge in [-0.25, -0.2) is 0 Å². The minimum Gasteiger partial charge on any atom is -0.398 e. The van der Waals surface area contributed by atoms with E-state index in [0.717, 1.165) is 10.0 Å². The molecule has 0 saturated heterocycles. The number of alkyl halides is 1. The second kappa shape index (κ2) is 4.77. The summed E-state index contributed by atoms with van der Waals surface area (Å²) in [5.41, 5.74) is 7.27. The third-order valence-corrected chi connectivity index (χ3v) is 3.24. The van der Waals surface area contributed by atoms with Crippen molar-refractivity contribution in [2.45, 2.75) is 6.42 Å². The molecule has 0 aromatic heterocycles. The van der Waals surface area contributed by atoms with Crippen LogP contribution >= 0.6 is 31.9 Å². The second-order valence-electron chi connectivity index (χ2n) is 2.67. The number of rotatable bonds is 3. The van der Waals surface area contributed by atoms with Crippen LogP contribution < -0.4 is 5.73 Å². The molecule has 0 radical (unpaired) electrons. The summed E-state index contributed by atoms with van der Waals surface area (Å²) in [7, 11) is 0. The van der Waals surface area contributed by atoms with Gasteiger partial charge in [-0.3, -0.25) is 4.79 Å². The molecule has 4 heteroatoms. The molecule has 0 heterocycles. The zero-order chi connectivity index (χ0) is 9.84. The lowest BCUT2D eigenvalue weighted by Crippen LogP contribution is -2.04. The molecule has 0 bridgehead atoms. The number of carbonyl (C=O) groups is 1. The molecular weight excluding hydrogens is 298 g/mol. The van der Waals surface area contributed by atoms with Crippen molar-refractivity contribution in [2.24, 2.45) is 0 Å². The minimum absolute atomic E-state index is 0.145. The largest absolute Gasteiger partial charge is 0.398 e. The first-order valence-corrected chi connectivity index (χ1v) is 5.67. The Morgan fingerprint density at radius 1 is 1.46 bits per heavy atom. The third kappa shape index (κ3) is 2.81. The van der Waals surface area contributed by atoms with Crippen molar-refractivity contribution in [3.8, 4) is 0 Å². The Morgan fingerprint density at radius 2 is 2.15 bits per heavy atom. The van der Waals surface area contributed by atoms with Gasteiger partial charge in [0.15, 0.2) is 0 Å². The maximum Gasteiger partial charge on any atom is 0.147 e. The SMILES string of the molecule is Nc1cccc(CC(=O)CBr)c1Br. The Balaban J connectivity index is 2.89. The molecule has 13 heavy (non-hydrogen) atoms. The summed E-state index contributed by atoms with van der Waals surface area (Å²) in [6, 6.07) is 5.53. The number of halogens is 2. The smallest absolute Gasteiger partial charge is 0.147 e. The van der Waals surface area contributed by atoms with Crippen molar-refractivity contribution in [1.82, 2.24) is 0 Å². The van der Waals surface area contributed by atoms with Gasteiger partial charge in [0, 0.05) is 16.6 Å². The van der Waals surface area contributed by atoms with Gasteiger partial charge in [0.05, 0.1) is 5.33 Å². The van der Waals surface area contributed by atoms with Gasteiger partial charge in [-0.2, -0.15) is 0 Å². The summed E-state index contributed by atoms with van der Waals surface area (Å²) in [5, 5.41) is 0.383. The van der Waals surface area contributed by atoms with Crippen molar-refractivity contribution in [2.75, 3.05) is 11.1 Å². The Hall–Kier alpha value is -0.350. The van der Waals surface area contributed by atoms with Crippen molar-refractivity contribution < 1.29 is 4.79 Å². The van der Waals surface area contributed by atoms with Crippen LogP contribution in [0.4, 0.5) is 5.69 Å². The fourth-order valence-corrected chi connectivity index (χ4v) is 1.60. The van der Waals surface area contributed by atoms with Crippen LogP contribution in [0.2, 0.25) is 0 Å². The van der Waals surface area contributed by atoms with E-state index in [0.29, 0.717) is 17.4 Å². The zero-order valence-electron chi connectivity index (χ0n) is 6.89. The van der Waals surface area contributed by atoms with E-state index < -0.39 is 0 Å². The zero-order valence-corrected chi connectivity index (χ0v) is 10.1. The van der Waals surface area contributed by atoms with Gasteiger partial charge in [0.25, 0.3) is 0 Å². The molecule has 0 fully saturated rings. The molecule has 1 rings (SSSR count). The van der Waals surface area contributed by atoms with Gasteiger partial charge in [-0.15, -0.1) is 0 Å². The van der Waals surface area contributed by atoms with Crippen LogP contribution in [0.3, 0.4) is 0 Å². The molecule has 1 aromatic carbocycles. The maximum atomic E-state index is 11.1. The van der Waals surface area contributed by atoms with E-state index in [1.165, 1.54) is 0 Å². The molecule has 0 aliphatic carbocycles. The molecule has 0 spiro atoms. The van der Waals surface area contributed by atoms with E-state index in [2.05, 4.69) is 31.9 Å². The van der Waals surface area contributed by atoms with E-state index in [1.807, 2.05) is 12.1 Å². The normalized spacial score (nSPS) is 10.0. The van der Waals surface area contributed by atoms with Crippen LogP contribution in [0.15, 0.2) is 22.7 Å². The molecule has 70 valence electrons. The second-order valence-corrected chi connectivity index (χ2v) is 4.02. The van der Waals surface area contributed by atoms with E-state index in [1.54, 1.807) is 6.07 Å². The molecule has 0 unspecified atom stereocenters. The van der Waals surface area contributed by atoms with E-state index in [4.69, 9.17) is 5.73 Å². The Bertz CT molecular complexity index is 325. The van der Waals surface area contributed by atoms with Gasteiger partial charge in [0.1, 0.15) is 5.78 Å². The highest BCUT2D eigenvalue weighted by molar-refractivity contribution is 9.10. The lowest BCUT2D eigenvalue weighted by atomic mass is 10.1. The molecule has 2 nitrogen and oxygen atoms in total. The minimum atomic E-state index is 0.145. The predicted octanol–water partition coefficient (Wildman–Crippen LogP) is 2.54. The molecule has 0 saturated carbocycles. The summed E-state index contributed by atoms with van der Waals surface area (Å²) in [6.07, 6.45) is 0.414. The Labute approximate surface area is 93.8 Å².